The Kier molecular flexibility index (Phi) is 7.96. The van der Waals surface area contributed by atoms with Gasteiger partial charge in [0.05, 0.1) is 19.3 Å². The van der Waals surface area contributed by atoms with Gasteiger partial charge in [-0.25, -0.2) is 4.79 Å². The quantitative estimate of drug-likeness (QED) is 0.779. The summed E-state index contributed by atoms with van der Waals surface area (Å²) in [5.41, 5.74) is 0.651. The van der Waals surface area contributed by atoms with Crippen LogP contribution in [0.25, 0.3) is 0 Å². The normalized spacial score (nSPS) is 12.7. The van der Waals surface area contributed by atoms with Crippen molar-refractivity contribution in [3.63, 3.8) is 0 Å². The molecule has 0 heterocycles. The lowest BCUT2D eigenvalue weighted by atomic mass is 10.1. The minimum absolute atomic E-state index is 0.0153. The molecule has 0 saturated heterocycles. The number of amides is 1. The van der Waals surface area contributed by atoms with Crippen LogP contribution in [0.4, 0.5) is 4.79 Å². The van der Waals surface area contributed by atoms with Gasteiger partial charge in [-0.15, -0.1) is 0 Å². The van der Waals surface area contributed by atoms with Crippen LogP contribution in [0.1, 0.15) is 52.5 Å². The average Bonchev–Trinajstić information content (AvgIpc) is 2.43. The lowest BCUT2D eigenvalue weighted by molar-refractivity contribution is 0.0420. The summed E-state index contributed by atoms with van der Waals surface area (Å²) in [6.07, 6.45) is 2.65. The molecule has 124 valence electrons. The maximum Gasteiger partial charge on any atom is 0.407 e. The molecule has 1 atom stereocenters. The third kappa shape index (κ3) is 8.67. The minimum atomic E-state index is -0.482. The summed E-state index contributed by atoms with van der Waals surface area (Å²) in [5, 5.41) is 2.91. The zero-order valence-corrected chi connectivity index (χ0v) is 14.2. The van der Waals surface area contributed by atoms with E-state index in [4.69, 9.17) is 9.47 Å². The molecule has 0 fully saturated rings. The molecule has 1 aromatic rings. The van der Waals surface area contributed by atoms with Crippen LogP contribution < -0.4 is 5.32 Å². The maximum absolute atomic E-state index is 11.9. The van der Waals surface area contributed by atoms with E-state index in [1.807, 2.05) is 51.1 Å². The first-order chi connectivity index (χ1) is 10.4. The predicted octanol–water partition coefficient (Wildman–Crippen LogP) is 4.29. The van der Waals surface area contributed by atoms with E-state index < -0.39 is 5.60 Å². The molecule has 0 unspecified atom stereocenters. The lowest BCUT2D eigenvalue weighted by Crippen LogP contribution is -2.41. The van der Waals surface area contributed by atoms with Crippen LogP contribution >= 0.6 is 0 Å². The van der Waals surface area contributed by atoms with E-state index in [1.54, 1.807) is 0 Å². The van der Waals surface area contributed by atoms with Crippen LogP contribution in [-0.4, -0.2) is 24.3 Å². The highest BCUT2D eigenvalue weighted by atomic mass is 16.6. The minimum Gasteiger partial charge on any atom is -0.444 e. The Labute approximate surface area is 134 Å². The summed E-state index contributed by atoms with van der Waals surface area (Å²) < 4.78 is 11.0. The van der Waals surface area contributed by atoms with Gasteiger partial charge < -0.3 is 14.8 Å². The molecule has 0 aromatic heterocycles. The summed E-state index contributed by atoms with van der Waals surface area (Å²) in [6, 6.07) is 10.0. The van der Waals surface area contributed by atoms with E-state index in [0.29, 0.717) is 13.2 Å². The largest absolute Gasteiger partial charge is 0.444 e. The molecule has 0 aliphatic rings. The van der Waals surface area contributed by atoms with Crippen molar-refractivity contribution in [3.05, 3.63) is 35.9 Å². The molecular weight excluding hydrogens is 278 g/mol. The summed E-state index contributed by atoms with van der Waals surface area (Å²) in [5.74, 6) is 0. The van der Waals surface area contributed by atoms with Crippen LogP contribution in [-0.2, 0) is 16.1 Å². The monoisotopic (exact) mass is 307 g/mol. The van der Waals surface area contributed by atoms with E-state index in [2.05, 4.69) is 12.2 Å². The fraction of sp³-hybridized carbons (Fsp3) is 0.611. The number of unbranched alkanes of at least 4 members (excludes halogenated alkanes) is 1. The average molecular weight is 307 g/mol. The molecular formula is C18H29NO3. The standard InChI is InChI=1S/C18H29NO3/c1-5-6-12-16(19-17(20)22-18(2,3)4)14-21-13-15-10-8-7-9-11-15/h7-11,16H,5-6,12-14H2,1-4H3,(H,19,20)/t16-/m1/s1. The Bertz CT molecular complexity index is 426. The Hall–Kier alpha value is -1.55. The molecule has 4 heteroatoms. The van der Waals surface area contributed by atoms with E-state index in [9.17, 15) is 4.79 Å². The van der Waals surface area contributed by atoms with E-state index in [0.717, 1.165) is 24.8 Å². The zero-order chi connectivity index (χ0) is 16.4. The number of carbonyl (C=O) groups is 1. The van der Waals surface area contributed by atoms with Gasteiger partial charge >= 0.3 is 6.09 Å². The van der Waals surface area contributed by atoms with Crippen molar-refractivity contribution in [1.29, 1.82) is 0 Å². The Morgan fingerprint density at radius 2 is 1.91 bits per heavy atom. The number of rotatable bonds is 8. The van der Waals surface area contributed by atoms with Gasteiger partial charge in [0.1, 0.15) is 5.60 Å². The van der Waals surface area contributed by atoms with Crippen molar-refractivity contribution >= 4 is 6.09 Å². The van der Waals surface area contributed by atoms with Crippen molar-refractivity contribution in [2.45, 2.75) is 65.2 Å². The van der Waals surface area contributed by atoms with Crippen molar-refractivity contribution in [3.8, 4) is 0 Å². The van der Waals surface area contributed by atoms with Crippen LogP contribution in [0.3, 0.4) is 0 Å². The Balaban J connectivity index is 2.41. The first-order valence-corrected chi connectivity index (χ1v) is 8.02. The summed E-state index contributed by atoms with van der Waals surface area (Å²) in [6.45, 7) is 8.77. The fourth-order valence-electron chi connectivity index (χ4n) is 2.02. The van der Waals surface area contributed by atoms with Gasteiger partial charge in [-0.3, -0.25) is 0 Å². The van der Waals surface area contributed by atoms with E-state index in [1.165, 1.54) is 0 Å². The number of hydrogen-bond donors (Lipinski definition) is 1. The number of hydrogen-bond acceptors (Lipinski definition) is 3. The van der Waals surface area contributed by atoms with Gasteiger partial charge in [-0.05, 0) is 32.8 Å². The van der Waals surface area contributed by atoms with Gasteiger partial charge in [0.15, 0.2) is 0 Å². The molecule has 0 aliphatic carbocycles. The van der Waals surface area contributed by atoms with Gasteiger partial charge in [0, 0.05) is 0 Å². The second-order valence-corrected chi connectivity index (χ2v) is 6.49. The SMILES string of the molecule is CCCC[C@H](COCc1ccccc1)NC(=O)OC(C)(C)C. The first kappa shape index (κ1) is 18.5. The molecule has 1 amide bonds. The molecule has 1 aromatic carbocycles. The zero-order valence-electron chi connectivity index (χ0n) is 14.2. The molecule has 4 nitrogen and oxygen atoms in total. The molecule has 1 rings (SSSR count). The van der Waals surface area contributed by atoms with Crippen LogP contribution in [0.15, 0.2) is 30.3 Å². The smallest absolute Gasteiger partial charge is 0.407 e. The molecule has 0 bridgehead atoms. The highest BCUT2D eigenvalue weighted by Gasteiger charge is 2.19. The molecule has 22 heavy (non-hydrogen) atoms. The number of ether oxygens (including phenoxy) is 2. The third-order valence-corrected chi connectivity index (χ3v) is 3.06. The predicted molar refractivity (Wildman–Crippen MR) is 88.8 cm³/mol. The lowest BCUT2D eigenvalue weighted by Gasteiger charge is -2.23. The van der Waals surface area contributed by atoms with E-state index >= 15 is 0 Å². The van der Waals surface area contributed by atoms with Crippen LogP contribution in [0.5, 0.6) is 0 Å². The second-order valence-electron chi connectivity index (χ2n) is 6.49. The van der Waals surface area contributed by atoms with Gasteiger partial charge in [-0.2, -0.15) is 0 Å². The van der Waals surface area contributed by atoms with Gasteiger partial charge in [0.2, 0.25) is 0 Å². The fourth-order valence-corrected chi connectivity index (χ4v) is 2.02. The summed E-state index contributed by atoms with van der Waals surface area (Å²) >= 11 is 0. The number of nitrogens with one attached hydrogen (secondary N) is 1. The number of alkyl carbamates (subject to hydrolysis) is 1. The highest BCUT2D eigenvalue weighted by molar-refractivity contribution is 5.68. The Morgan fingerprint density at radius 1 is 1.23 bits per heavy atom. The maximum atomic E-state index is 11.9. The van der Waals surface area contributed by atoms with Crippen molar-refractivity contribution in [2.24, 2.45) is 0 Å². The third-order valence-electron chi connectivity index (χ3n) is 3.06. The summed E-state index contributed by atoms with van der Waals surface area (Å²) in [7, 11) is 0. The topological polar surface area (TPSA) is 47.6 Å². The van der Waals surface area contributed by atoms with Crippen LogP contribution in [0, 0.1) is 0 Å². The summed E-state index contributed by atoms with van der Waals surface area (Å²) in [4.78, 5) is 11.9. The number of benzene rings is 1. The molecule has 0 radical (unpaired) electrons. The molecule has 0 saturated carbocycles. The van der Waals surface area contributed by atoms with E-state index in [-0.39, 0.29) is 12.1 Å². The van der Waals surface area contributed by atoms with Crippen molar-refractivity contribution in [1.82, 2.24) is 5.32 Å². The first-order valence-electron chi connectivity index (χ1n) is 8.02. The van der Waals surface area contributed by atoms with Gasteiger partial charge in [0.25, 0.3) is 0 Å². The van der Waals surface area contributed by atoms with Crippen LogP contribution in [0.2, 0.25) is 0 Å². The molecule has 0 aliphatic heterocycles. The molecule has 1 N–H and O–H groups in total. The second kappa shape index (κ2) is 9.46. The molecule has 0 spiro atoms. The highest BCUT2D eigenvalue weighted by Crippen LogP contribution is 2.09. The van der Waals surface area contributed by atoms with Crippen molar-refractivity contribution < 1.29 is 14.3 Å². The number of carbonyl (C=O) groups excluding carboxylic acids is 1. The van der Waals surface area contributed by atoms with Crippen molar-refractivity contribution in [2.75, 3.05) is 6.61 Å². The Morgan fingerprint density at radius 3 is 2.50 bits per heavy atom. The van der Waals surface area contributed by atoms with Gasteiger partial charge in [-0.1, -0.05) is 50.1 Å².